The highest BCUT2D eigenvalue weighted by molar-refractivity contribution is 7.79. The van der Waals surface area contributed by atoms with Crippen molar-refractivity contribution in [3.63, 3.8) is 0 Å². The third kappa shape index (κ3) is 2.47. The molecule has 0 aromatic heterocycles. The average molecular weight is 366 g/mol. The van der Waals surface area contributed by atoms with Crippen molar-refractivity contribution in [3.8, 4) is 0 Å². The van der Waals surface area contributed by atoms with Crippen LogP contribution in [0.1, 0.15) is 30.5 Å². The van der Waals surface area contributed by atoms with Crippen molar-refractivity contribution in [2.24, 2.45) is 5.41 Å². The summed E-state index contributed by atoms with van der Waals surface area (Å²) in [6.07, 6.45) is 1.24. The van der Waals surface area contributed by atoms with Crippen molar-refractivity contribution in [1.29, 1.82) is 0 Å². The highest BCUT2D eigenvalue weighted by atomic mass is 31.1. The first kappa shape index (κ1) is 16.7. The Balaban J connectivity index is 1.77. The van der Waals surface area contributed by atoms with Gasteiger partial charge in [0.2, 0.25) is 0 Å². The lowest BCUT2D eigenvalue weighted by atomic mass is 9.73. The lowest BCUT2D eigenvalue weighted by Gasteiger charge is -2.31. The lowest BCUT2D eigenvalue weighted by Crippen LogP contribution is -2.18. The van der Waals surface area contributed by atoms with E-state index < -0.39 is 0 Å². The van der Waals surface area contributed by atoms with Crippen LogP contribution in [0.5, 0.6) is 0 Å². The molecule has 1 unspecified atom stereocenters. The van der Waals surface area contributed by atoms with Gasteiger partial charge in [0.15, 0.2) is 0 Å². The van der Waals surface area contributed by atoms with E-state index in [-0.39, 0.29) is 13.3 Å². The Bertz CT molecular complexity index is 1050. The molecule has 0 amide bonds. The molecule has 0 nitrogen and oxygen atoms in total. The SMILES string of the molecule is CC1=C(c2ccccc2)P2C[C@]1(C)C(c1ccccc1)=C2c1ccccc1. The molecule has 132 valence electrons. The minimum atomic E-state index is -0.340. The van der Waals surface area contributed by atoms with Crippen LogP contribution < -0.4 is 0 Å². The molecule has 2 bridgehead atoms. The first-order valence-electron chi connectivity index (χ1n) is 9.60. The lowest BCUT2D eigenvalue weighted by molar-refractivity contribution is 0.632. The summed E-state index contributed by atoms with van der Waals surface area (Å²) in [5.41, 5.74) is 7.44. The van der Waals surface area contributed by atoms with Crippen LogP contribution >= 0.6 is 7.92 Å². The van der Waals surface area contributed by atoms with Gasteiger partial charge in [0.25, 0.3) is 0 Å². The molecule has 0 aliphatic carbocycles. The van der Waals surface area contributed by atoms with Crippen molar-refractivity contribution >= 4 is 24.1 Å². The van der Waals surface area contributed by atoms with E-state index in [9.17, 15) is 0 Å². The van der Waals surface area contributed by atoms with E-state index in [1.165, 1.54) is 22.9 Å². The average Bonchev–Trinajstić information content (AvgIpc) is 3.17. The van der Waals surface area contributed by atoms with Gasteiger partial charge < -0.3 is 0 Å². The third-order valence-electron chi connectivity index (χ3n) is 6.14. The van der Waals surface area contributed by atoms with Crippen LogP contribution in [-0.2, 0) is 0 Å². The van der Waals surface area contributed by atoms with Crippen LogP contribution in [0.3, 0.4) is 0 Å². The number of rotatable bonds is 3. The second kappa shape index (κ2) is 6.32. The zero-order chi connectivity index (χ0) is 18.4. The van der Waals surface area contributed by atoms with Gasteiger partial charge in [-0.3, -0.25) is 0 Å². The minimum Gasteiger partial charge on any atom is -0.0622 e. The third-order valence-corrected chi connectivity index (χ3v) is 9.25. The van der Waals surface area contributed by atoms with E-state index in [4.69, 9.17) is 0 Å². The van der Waals surface area contributed by atoms with Gasteiger partial charge in [0.1, 0.15) is 0 Å². The first-order valence-corrected chi connectivity index (χ1v) is 11.1. The molecule has 0 N–H and O–H groups in total. The molecular formula is C26H23P. The monoisotopic (exact) mass is 366 g/mol. The smallest absolute Gasteiger partial charge is 0.0198 e. The number of fused-ring (bicyclic) bond motifs is 2. The molecule has 5 rings (SSSR count). The van der Waals surface area contributed by atoms with Gasteiger partial charge in [-0.25, -0.2) is 0 Å². The Morgan fingerprint density at radius 3 is 1.59 bits per heavy atom. The second-order valence-electron chi connectivity index (χ2n) is 7.71. The zero-order valence-corrected chi connectivity index (χ0v) is 16.7. The summed E-state index contributed by atoms with van der Waals surface area (Å²) in [5.74, 6) is 0. The molecule has 3 aromatic carbocycles. The van der Waals surface area contributed by atoms with Crippen LogP contribution in [0.2, 0.25) is 0 Å². The molecule has 27 heavy (non-hydrogen) atoms. The summed E-state index contributed by atoms with van der Waals surface area (Å²) in [6, 6.07) is 33.1. The number of benzene rings is 3. The van der Waals surface area contributed by atoms with E-state index in [2.05, 4.69) is 105 Å². The fourth-order valence-corrected chi connectivity index (χ4v) is 8.54. The Labute approximate surface area is 163 Å². The number of hydrogen-bond donors (Lipinski definition) is 0. The van der Waals surface area contributed by atoms with Gasteiger partial charge in [-0.05, 0) is 53.9 Å². The molecule has 2 atom stereocenters. The molecule has 0 saturated heterocycles. The van der Waals surface area contributed by atoms with Crippen LogP contribution in [0.4, 0.5) is 0 Å². The molecule has 0 saturated carbocycles. The van der Waals surface area contributed by atoms with Crippen molar-refractivity contribution in [3.05, 3.63) is 113 Å². The fraction of sp³-hybridized carbons (Fsp3) is 0.154. The van der Waals surface area contributed by atoms with E-state index in [0.717, 1.165) is 0 Å². The Morgan fingerprint density at radius 2 is 1.07 bits per heavy atom. The standard InChI is InChI=1S/C26H23P/c1-19-24(21-14-8-4-9-15-21)27-18-26(19,2)23(20-12-6-3-7-13-20)25(27)22-16-10-5-11-17-22/h3-17H,18H2,1-2H3/t26-,27?/m0/s1. The molecule has 2 aliphatic heterocycles. The van der Waals surface area contributed by atoms with Gasteiger partial charge in [-0.1, -0.05) is 103 Å². The first-order chi connectivity index (χ1) is 13.2. The van der Waals surface area contributed by atoms with Crippen molar-refractivity contribution in [1.82, 2.24) is 0 Å². The summed E-state index contributed by atoms with van der Waals surface area (Å²) in [4.78, 5) is 0. The predicted molar refractivity (Wildman–Crippen MR) is 119 cm³/mol. The largest absolute Gasteiger partial charge is 0.0622 e. The Morgan fingerprint density at radius 1 is 0.630 bits per heavy atom. The van der Waals surface area contributed by atoms with E-state index >= 15 is 0 Å². The van der Waals surface area contributed by atoms with Crippen LogP contribution in [-0.4, -0.2) is 6.16 Å². The second-order valence-corrected chi connectivity index (χ2v) is 9.78. The molecule has 3 aromatic rings. The maximum atomic E-state index is 2.46. The molecular weight excluding hydrogens is 343 g/mol. The molecule has 0 fully saturated rings. The van der Waals surface area contributed by atoms with E-state index in [1.807, 2.05) is 0 Å². The van der Waals surface area contributed by atoms with Gasteiger partial charge >= 0.3 is 0 Å². The Hall–Kier alpha value is -2.43. The summed E-state index contributed by atoms with van der Waals surface area (Å²) in [5, 5.41) is 3.19. The van der Waals surface area contributed by atoms with Crippen molar-refractivity contribution in [2.45, 2.75) is 13.8 Å². The summed E-state index contributed by atoms with van der Waals surface area (Å²) >= 11 is 0. The van der Waals surface area contributed by atoms with Gasteiger partial charge in [0.05, 0.1) is 0 Å². The molecule has 0 radical (unpaired) electrons. The summed E-state index contributed by atoms with van der Waals surface area (Å²) < 4.78 is 0. The highest BCUT2D eigenvalue weighted by Gasteiger charge is 2.52. The van der Waals surface area contributed by atoms with E-state index in [1.54, 1.807) is 21.8 Å². The van der Waals surface area contributed by atoms with Gasteiger partial charge in [-0.2, -0.15) is 0 Å². The minimum absolute atomic E-state index is 0.128. The number of allylic oxidation sites excluding steroid dienone is 2. The topological polar surface area (TPSA) is 0 Å². The van der Waals surface area contributed by atoms with E-state index in [0.29, 0.717) is 0 Å². The quantitative estimate of drug-likeness (QED) is 0.421. The van der Waals surface area contributed by atoms with Crippen LogP contribution in [0, 0.1) is 5.41 Å². The summed E-state index contributed by atoms with van der Waals surface area (Å²) in [7, 11) is -0.340. The Kier molecular flexibility index (Phi) is 3.92. The molecule has 0 spiro atoms. The normalized spacial score (nSPS) is 24.0. The highest BCUT2D eigenvalue weighted by Crippen LogP contribution is 2.80. The van der Waals surface area contributed by atoms with Crippen LogP contribution in [0.25, 0.3) is 16.2 Å². The van der Waals surface area contributed by atoms with Crippen LogP contribution in [0.15, 0.2) is 96.6 Å². The van der Waals surface area contributed by atoms with Crippen molar-refractivity contribution < 1.29 is 0 Å². The maximum Gasteiger partial charge on any atom is 0.0198 e. The zero-order valence-electron chi connectivity index (χ0n) is 15.8. The van der Waals surface area contributed by atoms with Gasteiger partial charge in [0, 0.05) is 5.41 Å². The predicted octanol–water partition coefficient (Wildman–Crippen LogP) is 7.50. The maximum absolute atomic E-state index is 2.46. The van der Waals surface area contributed by atoms with Crippen molar-refractivity contribution in [2.75, 3.05) is 6.16 Å². The summed E-state index contributed by atoms with van der Waals surface area (Å²) in [6.45, 7) is 4.83. The fourth-order valence-electron chi connectivity index (χ4n) is 4.76. The molecule has 2 aliphatic rings. The van der Waals surface area contributed by atoms with Gasteiger partial charge in [-0.15, -0.1) is 0 Å². The number of hydrogen-bond acceptors (Lipinski definition) is 0. The molecule has 2 heterocycles. The molecule has 1 heteroatoms.